The average Bonchev–Trinajstić information content (AvgIpc) is 3.20. The van der Waals surface area contributed by atoms with Crippen molar-refractivity contribution in [2.24, 2.45) is 0 Å². The third kappa shape index (κ3) is 2.37. The van der Waals surface area contributed by atoms with E-state index in [0.717, 1.165) is 44.4 Å². The van der Waals surface area contributed by atoms with Crippen LogP contribution in [0.1, 0.15) is 30.9 Å². The van der Waals surface area contributed by atoms with Crippen molar-refractivity contribution < 1.29 is 8.83 Å². The van der Waals surface area contributed by atoms with Crippen molar-refractivity contribution in [3.8, 4) is 23.0 Å². The SMILES string of the molecule is C=Cc1oc(C#CC)c(-c2cccc3oc4ccccc4c23)c1/C=C\C. The van der Waals surface area contributed by atoms with Crippen LogP contribution in [-0.2, 0) is 0 Å². The Kier molecular flexibility index (Phi) is 3.99. The highest BCUT2D eigenvalue weighted by molar-refractivity contribution is 6.13. The predicted molar refractivity (Wildman–Crippen MR) is 109 cm³/mol. The summed E-state index contributed by atoms with van der Waals surface area (Å²) in [6.07, 6.45) is 5.77. The van der Waals surface area contributed by atoms with Crippen LogP contribution in [0.2, 0.25) is 0 Å². The average molecular weight is 338 g/mol. The minimum absolute atomic E-state index is 0.647. The van der Waals surface area contributed by atoms with Gasteiger partial charge in [-0.3, -0.25) is 0 Å². The van der Waals surface area contributed by atoms with Crippen molar-refractivity contribution in [3.05, 3.63) is 72.2 Å². The topological polar surface area (TPSA) is 26.3 Å². The molecular formula is C24H18O2. The van der Waals surface area contributed by atoms with E-state index in [1.165, 1.54) is 0 Å². The summed E-state index contributed by atoms with van der Waals surface area (Å²) in [5, 5.41) is 2.16. The van der Waals surface area contributed by atoms with Crippen LogP contribution in [0.15, 0.2) is 64.0 Å². The molecule has 26 heavy (non-hydrogen) atoms. The maximum absolute atomic E-state index is 6.04. The number of para-hydroxylation sites is 1. The third-order valence-corrected chi connectivity index (χ3v) is 4.40. The molecule has 0 aliphatic carbocycles. The Morgan fingerprint density at radius 1 is 1.00 bits per heavy atom. The number of fused-ring (bicyclic) bond motifs is 3. The summed E-state index contributed by atoms with van der Waals surface area (Å²) in [5.41, 5.74) is 4.74. The number of hydrogen-bond donors (Lipinski definition) is 0. The first-order valence-corrected chi connectivity index (χ1v) is 8.53. The highest BCUT2D eigenvalue weighted by Gasteiger charge is 2.21. The lowest BCUT2D eigenvalue weighted by molar-refractivity contribution is 0.545. The molecule has 2 aromatic carbocycles. The van der Waals surface area contributed by atoms with Gasteiger partial charge in [0.1, 0.15) is 16.9 Å². The first-order chi connectivity index (χ1) is 12.8. The summed E-state index contributed by atoms with van der Waals surface area (Å²) in [6.45, 7) is 7.69. The molecule has 2 nitrogen and oxygen atoms in total. The number of hydrogen-bond acceptors (Lipinski definition) is 2. The monoisotopic (exact) mass is 338 g/mol. The zero-order chi connectivity index (χ0) is 18.1. The first kappa shape index (κ1) is 16.1. The van der Waals surface area contributed by atoms with Crippen LogP contribution in [0, 0.1) is 11.8 Å². The molecule has 0 saturated carbocycles. The molecule has 2 heterocycles. The molecule has 0 aliphatic rings. The van der Waals surface area contributed by atoms with Gasteiger partial charge in [0, 0.05) is 21.9 Å². The molecule has 0 bridgehead atoms. The molecule has 2 heteroatoms. The normalized spacial score (nSPS) is 11.2. The second-order valence-corrected chi connectivity index (χ2v) is 5.94. The molecule has 0 unspecified atom stereocenters. The van der Waals surface area contributed by atoms with Gasteiger partial charge < -0.3 is 8.83 Å². The van der Waals surface area contributed by atoms with Crippen molar-refractivity contribution in [1.29, 1.82) is 0 Å². The van der Waals surface area contributed by atoms with E-state index >= 15 is 0 Å². The quantitative estimate of drug-likeness (QED) is 0.380. The maximum Gasteiger partial charge on any atom is 0.186 e. The second kappa shape index (κ2) is 6.46. The Labute approximate surface area is 152 Å². The van der Waals surface area contributed by atoms with Crippen LogP contribution in [0.25, 0.3) is 45.2 Å². The van der Waals surface area contributed by atoms with E-state index in [2.05, 4.69) is 30.6 Å². The van der Waals surface area contributed by atoms with Crippen LogP contribution in [0.3, 0.4) is 0 Å². The maximum atomic E-state index is 6.04. The fourth-order valence-corrected chi connectivity index (χ4v) is 3.40. The molecule has 0 radical (unpaired) electrons. The fourth-order valence-electron chi connectivity index (χ4n) is 3.40. The first-order valence-electron chi connectivity index (χ1n) is 8.53. The Hall–Kier alpha value is -3.44. The van der Waals surface area contributed by atoms with Gasteiger partial charge in [0.05, 0.1) is 0 Å². The molecule has 0 saturated heterocycles. The summed E-state index contributed by atoms with van der Waals surface area (Å²) in [7, 11) is 0. The van der Waals surface area contributed by atoms with E-state index < -0.39 is 0 Å². The van der Waals surface area contributed by atoms with Gasteiger partial charge in [-0.05, 0) is 43.5 Å². The second-order valence-electron chi connectivity index (χ2n) is 5.94. The number of rotatable bonds is 3. The van der Waals surface area contributed by atoms with E-state index in [0.29, 0.717) is 5.76 Å². The van der Waals surface area contributed by atoms with Crippen LogP contribution < -0.4 is 0 Å². The number of benzene rings is 2. The summed E-state index contributed by atoms with van der Waals surface area (Å²) < 4.78 is 12.0. The molecule has 0 amide bonds. The minimum atomic E-state index is 0.647. The van der Waals surface area contributed by atoms with Crippen LogP contribution in [0.5, 0.6) is 0 Å². The summed E-state index contributed by atoms with van der Waals surface area (Å²) in [5.74, 6) is 7.43. The van der Waals surface area contributed by atoms with Gasteiger partial charge in [0.25, 0.3) is 0 Å². The van der Waals surface area contributed by atoms with Gasteiger partial charge in [0.15, 0.2) is 5.76 Å². The number of furan rings is 2. The van der Waals surface area contributed by atoms with Gasteiger partial charge in [-0.25, -0.2) is 0 Å². The largest absolute Gasteiger partial charge is 0.456 e. The summed E-state index contributed by atoms with van der Waals surface area (Å²) in [6, 6.07) is 14.2. The zero-order valence-electron chi connectivity index (χ0n) is 14.8. The van der Waals surface area contributed by atoms with E-state index in [9.17, 15) is 0 Å². The van der Waals surface area contributed by atoms with Gasteiger partial charge >= 0.3 is 0 Å². The predicted octanol–water partition coefficient (Wildman–Crippen LogP) is 6.89. The Balaban J connectivity index is 2.18. The molecule has 126 valence electrons. The Morgan fingerprint density at radius 3 is 2.58 bits per heavy atom. The highest BCUT2D eigenvalue weighted by Crippen LogP contribution is 2.41. The lowest BCUT2D eigenvalue weighted by atomic mass is 9.95. The summed E-state index contributed by atoms with van der Waals surface area (Å²) >= 11 is 0. The molecule has 4 rings (SSSR count). The van der Waals surface area contributed by atoms with Gasteiger partial charge in [-0.1, -0.05) is 55.0 Å². The van der Waals surface area contributed by atoms with Crippen molar-refractivity contribution in [2.75, 3.05) is 0 Å². The standard InChI is InChI=1S/C24H18O2/c1-4-10-16-19(6-3)25-21(11-5-2)23(16)18-13-9-15-22-24(18)17-12-7-8-14-20(17)26-22/h4,6-10,12-15H,3H2,1-2H3/b10-4-. The zero-order valence-corrected chi connectivity index (χ0v) is 14.8. The lowest BCUT2D eigenvalue weighted by Gasteiger charge is -2.04. The van der Waals surface area contributed by atoms with E-state index in [1.54, 1.807) is 6.08 Å². The highest BCUT2D eigenvalue weighted by atomic mass is 16.3. The van der Waals surface area contributed by atoms with E-state index in [-0.39, 0.29) is 0 Å². The van der Waals surface area contributed by atoms with E-state index in [4.69, 9.17) is 8.83 Å². The molecule has 0 N–H and O–H groups in total. The van der Waals surface area contributed by atoms with Gasteiger partial charge in [-0.2, -0.15) is 0 Å². The van der Waals surface area contributed by atoms with Crippen molar-refractivity contribution >= 4 is 34.1 Å². The van der Waals surface area contributed by atoms with Crippen molar-refractivity contribution in [3.63, 3.8) is 0 Å². The van der Waals surface area contributed by atoms with Crippen molar-refractivity contribution in [1.82, 2.24) is 0 Å². The molecular weight excluding hydrogens is 320 g/mol. The molecule has 0 spiro atoms. The van der Waals surface area contributed by atoms with Crippen LogP contribution in [0.4, 0.5) is 0 Å². The lowest BCUT2D eigenvalue weighted by Crippen LogP contribution is -1.84. The van der Waals surface area contributed by atoms with Gasteiger partial charge in [-0.15, -0.1) is 0 Å². The third-order valence-electron chi connectivity index (χ3n) is 4.40. The number of allylic oxidation sites excluding steroid dienone is 1. The van der Waals surface area contributed by atoms with Crippen LogP contribution >= 0.6 is 0 Å². The molecule has 0 aliphatic heterocycles. The van der Waals surface area contributed by atoms with Crippen LogP contribution in [-0.4, -0.2) is 0 Å². The smallest absolute Gasteiger partial charge is 0.186 e. The summed E-state index contributed by atoms with van der Waals surface area (Å²) in [4.78, 5) is 0. The molecule has 2 aromatic heterocycles. The molecule has 4 aromatic rings. The van der Waals surface area contributed by atoms with E-state index in [1.807, 2.05) is 56.3 Å². The fraction of sp³-hybridized carbons (Fsp3) is 0.0833. The molecule has 0 fully saturated rings. The van der Waals surface area contributed by atoms with Crippen molar-refractivity contribution in [2.45, 2.75) is 13.8 Å². The van der Waals surface area contributed by atoms with Gasteiger partial charge in [0.2, 0.25) is 0 Å². The Morgan fingerprint density at radius 2 is 1.81 bits per heavy atom. The minimum Gasteiger partial charge on any atom is -0.456 e. The Bertz CT molecular complexity index is 1220. The molecule has 0 atom stereocenters.